The molecule has 1 amide bonds. The van der Waals surface area contributed by atoms with E-state index in [1.165, 1.54) is 4.31 Å². The molecule has 1 N–H and O–H groups in total. The summed E-state index contributed by atoms with van der Waals surface area (Å²) in [6.45, 7) is 4.34. The molecule has 0 aliphatic carbocycles. The van der Waals surface area contributed by atoms with Gasteiger partial charge in [0.25, 0.3) is 5.56 Å². The zero-order valence-electron chi connectivity index (χ0n) is 16.4. The first-order valence-electron chi connectivity index (χ1n) is 9.49. The Kier molecular flexibility index (Phi) is 6.60. The van der Waals surface area contributed by atoms with Gasteiger partial charge < -0.3 is 10.1 Å². The molecule has 0 spiro atoms. The van der Waals surface area contributed by atoms with Gasteiger partial charge in [-0.05, 0) is 26.0 Å². The Morgan fingerprint density at radius 1 is 1.24 bits per heavy atom. The fourth-order valence-corrected chi connectivity index (χ4v) is 4.76. The van der Waals surface area contributed by atoms with Crippen LogP contribution in [-0.4, -0.2) is 71.2 Å². The van der Waals surface area contributed by atoms with Crippen LogP contribution in [0.2, 0.25) is 0 Å². The molecule has 1 aliphatic heterocycles. The van der Waals surface area contributed by atoms with Crippen LogP contribution in [0, 0.1) is 0 Å². The summed E-state index contributed by atoms with van der Waals surface area (Å²) in [7, 11) is -3.48. The number of carbonyl (C=O) groups excluding carboxylic acids is 1. The summed E-state index contributed by atoms with van der Waals surface area (Å²) in [6.07, 6.45) is -0.326. The lowest BCUT2D eigenvalue weighted by molar-refractivity contribution is -0.121. The van der Waals surface area contributed by atoms with Gasteiger partial charge in [-0.1, -0.05) is 17.3 Å². The van der Waals surface area contributed by atoms with Crippen molar-refractivity contribution in [2.45, 2.75) is 39.0 Å². The summed E-state index contributed by atoms with van der Waals surface area (Å²) < 4.78 is 33.0. The average molecular weight is 423 g/mol. The Morgan fingerprint density at radius 2 is 1.93 bits per heavy atom. The predicted molar refractivity (Wildman–Crippen MR) is 107 cm³/mol. The number of aromatic nitrogens is 3. The second-order valence-corrected chi connectivity index (χ2v) is 9.21. The number of aryl methyl sites for hydroxylation is 1. The number of sulfonamides is 1. The van der Waals surface area contributed by atoms with E-state index >= 15 is 0 Å². The van der Waals surface area contributed by atoms with Crippen LogP contribution in [0.5, 0.6) is 0 Å². The highest BCUT2D eigenvalue weighted by Gasteiger charge is 2.30. The summed E-state index contributed by atoms with van der Waals surface area (Å²) in [5.41, 5.74) is 0.177. The van der Waals surface area contributed by atoms with Gasteiger partial charge in [0, 0.05) is 26.1 Å². The number of benzene rings is 1. The van der Waals surface area contributed by atoms with Gasteiger partial charge in [-0.2, -0.15) is 4.31 Å². The minimum atomic E-state index is -3.48. The minimum absolute atomic E-state index is 0.000413. The number of nitrogens with one attached hydrogen (secondary N) is 1. The summed E-state index contributed by atoms with van der Waals surface area (Å²) in [5.74, 6) is -0.542. The smallest absolute Gasteiger partial charge is 0.277 e. The number of nitrogens with zero attached hydrogens (tertiary/aromatic N) is 4. The van der Waals surface area contributed by atoms with Crippen molar-refractivity contribution < 1.29 is 17.9 Å². The SMILES string of the molecule is C[C@@H]1CN(S(=O)(=O)CCNC(=O)CCn2nnc3ccccc3c2=O)C[C@@H](C)O1. The van der Waals surface area contributed by atoms with Gasteiger partial charge in [0.1, 0.15) is 5.52 Å². The molecule has 0 saturated carbocycles. The van der Waals surface area contributed by atoms with Crippen molar-refractivity contribution in [1.29, 1.82) is 0 Å². The Labute approximate surface area is 168 Å². The van der Waals surface area contributed by atoms with E-state index in [0.717, 1.165) is 4.68 Å². The molecule has 0 radical (unpaired) electrons. The summed E-state index contributed by atoms with van der Waals surface area (Å²) >= 11 is 0. The fourth-order valence-electron chi connectivity index (χ4n) is 3.27. The van der Waals surface area contributed by atoms with E-state index in [1.807, 2.05) is 13.8 Å². The van der Waals surface area contributed by atoms with Crippen molar-refractivity contribution in [2.75, 3.05) is 25.4 Å². The zero-order chi connectivity index (χ0) is 21.0. The molecule has 1 aromatic carbocycles. The summed E-state index contributed by atoms with van der Waals surface area (Å²) in [6, 6.07) is 6.84. The van der Waals surface area contributed by atoms with Gasteiger partial charge in [0.15, 0.2) is 0 Å². The molecular formula is C18H25N5O5S. The monoisotopic (exact) mass is 423 g/mol. The largest absolute Gasteiger partial charge is 0.373 e. The number of carbonyl (C=O) groups is 1. The molecule has 0 unspecified atom stereocenters. The minimum Gasteiger partial charge on any atom is -0.373 e. The number of hydrogen-bond donors (Lipinski definition) is 1. The molecular weight excluding hydrogens is 398 g/mol. The molecule has 0 bridgehead atoms. The van der Waals surface area contributed by atoms with Crippen LogP contribution in [0.25, 0.3) is 10.9 Å². The maximum atomic E-state index is 12.5. The molecule has 10 nitrogen and oxygen atoms in total. The lowest BCUT2D eigenvalue weighted by Gasteiger charge is -2.34. The first-order chi connectivity index (χ1) is 13.8. The quantitative estimate of drug-likeness (QED) is 0.650. The van der Waals surface area contributed by atoms with Gasteiger partial charge in [0.05, 0.1) is 29.9 Å². The number of morpholine rings is 1. The molecule has 158 valence electrons. The van der Waals surface area contributed by atoms with Gasteiger partial charge in [-0.25, -0.2) is 13.1 Å². The Morgan fingerprint density at radius 3 is 2.66 bits per heavy atom. The maximum Gasteiger partial charge on any atom is 0.277 e. The number of amides is 1. The Bertz CT molecular complexity index is 1030. The maximum absolute atomic E-state index is 12.5. The number of fused-ring (bicyclic) bond motifs is 1. The standard InChI is InChI=1S/C18H25N5O5S/c1-13-11-22(12-14(2)28-13)29(26,27)10-8-19-17(24)7-9-23-18(25)15-5-3-4-6-16(15)20-21-23/h3-6,13-14H,7-12H2,1-2H3,(H,19,24)/t13-,14-/m1/s1. The predicted octanol–water partition coefficient (Wildman–Crippen LogP) is -0.263. The Balaban J connectivity index is 1.49. The number of hydrogen-bond acceptors (Lipinski definition) is 7. The topological polar surface area (TPSA) is 123 Å². The molecule has 29 heavy (non-hydrogen) atoms. The molecule has 1 saturated heterocycles. The summed E-state index contributed by atoms with van der Waals surface area (Å²) in [5, 5.41) is 10.8. The van der Waals surface area contributed by atoms with Crippen molar-refractivity contribution in [3.8, 4) is 0 Å². The molecule has 11 heteroatoms. The van der Waals surface area contributed by atoms with Crippen molar-refractivity contribution in [3.63, 3.8) is 0 Å². The van der Waals surface area contributed by atoms with Crippen molar-refractivity contribution >= 4 is 26.8 Å². The zero-order valence-corrected chi connectivity index (χ0v) is 17.3. The molecule has 2 atom stereocenters. The van der Waals surface area contributed by atoms with Crippen molar-refractivity contribution in [2.24, 2.45) is 0 Å². The normalized spacial score (nSPS) is 20.6. The van der Waals surface area contributed by atoms with Gasteiger partial charge in [-0.15, -0.1) is 5.10 Å². The van der Waals surface area contributed by atoms with Crippen LogP contribution in [-0.2, 0) is 26.1 Å². The lowest BCUT2D eigenvalue weighted by Crippen LogP contribution is -2.49. The van der Waals surface area contributed by atoms with Crippen LogP contribution in [0.15, 0.2) is 29.1 Å². The highest BCUT2D eigenvalue weighted by Crippen LogP contribution is 2.14. The Hall–Kier alpha value is -2.37. The van der Waals surface area contributed by atoms with E-state index in [2.05, 4.69) is 15.6 Å². The highest BCUT2D eigenvalue weighted by molar-refractivity contribution is 7.89. The first kappa shape index (κ1) is 21.3. The van der Waals surface area contributed by atoms with Gasteiger partial charge in [0.2, 0.25) is 15.9 Å². The average Bonchev–Trinajstić information content (AvgIpc) is 2.67. The van der Waals surface area contributed by atoms with Crippen LogP contribution in [0.4, 0.5) is 0 Å². The molecule has 1 aliphatic rings. The summed E-state index contributed by atoms with van der Waals surface area (Å²) in [4.78, 5) is 24.4. The van der Waals surface area contributed by atoms with Gasteiger partial charge >= 0.3 is 0 Å². The van der Waals surface area contributed by atoms with E-state index in [4.69, 9.17) is 4.74 Å². The third-order valence-electron chi connectivity index (χ3n) is 4.64. The third kappa shape index (κ3) is 5.37. The fraction of sp³-hybridized carbons (Fsp3) is 0.556. The van der Waals surface area contributed by atoms with Crippen LogP contribution >= 0.6 is 0 Å². The molecule has 1 fully saturated rings. The highest BCUT2D eigenvalue weighted by atomic mass is 32.2. The van der Waals surface area contributed by atoms with E-state index in [-0.39, 0.29) is 48.9 Å². The van der Waals surface area contributed by atoms with Crippen molar-refractivity contribution in [1.82, 2.24) is 24.6 Å². The molecule has 3 rings (SSSR count). The van der Waals surface area contributed by atoms with Crippen LogP contribution in [0.3, 0.4) is 0 Å². The van der Waals surface area contributed by atoms with E-state index in [9.17, 15) is 18.0 Å². The van der Waals surface area contributed by atoms with Crippen LogP contribution < -0.4 is 10.9 Å². The second kappa shape index (κ2) is 8.97. The molecule has 1 aromatic heterocycles. The molecule has 2 aromatic rings. The first-order valence-corrected chi connectivity index (χ1v) is 11.1. The number of rotatable bonds is 7. The van der Waals surface area contributed by atoms with Crippen LogP contribution in [0.1, 0.15) is 20.3 Å². The second-order valence-electron chi connectivity index (χ2n) is 7.13. The molecule has 2 heterocycles. The van der Waals surface area contributed by atoms with E-state index < -0.39 is 10.0 Å². The number of ether oxygens (including phenoxy) is 1. The third-order valence-corrected chi connectivity index (χ3v) is 6.45. The van der Waals surface area contributed by atoms with E-state index in [0.29, 0.717) is 24.0 Å². The van der Waals surface area contributed by atoms with Gasteiger partial charge in [-0.3, -0.25) is 9.59 Å². The van der Waals surface area contributed by atoms with E-state index in [1.54, 1.807) is 24.3 Å². The lowest BCUT2D eigenvalue weighted by atomic mass is 10.2. The van der Waals surface area contributed by atoms with Crippen molar-refractivity contribution in [3.05, 3.63) is 34.6 Å².